The maximum absolute atomic E-state index is 12.5. The van der Waals surface area contributed by atoms with E-state index < -0.39 is 10.0 Å². The predicted octanol–water partition coefficient (Wildman–Crippen LogP) is 2.99. The summed E-state index contributed by atoms with van der Waals surface area (Å²) >= 11 is 1.07. The van der Waals surface area contributed by atoms with Crippen molar-refractivity contribution in [1.29, 1.82) is 0 Å². The van der Waals surface area contributed by atoms with Gasteiger partial charge in [-0.15, -0.1) is 0 Å². The molecule has 132 valence electrons. The first kappa shape index (κ1) is 17.8. The number of rotatable bonds is 7. The lowest BCUT2D eigenvalue weighted by molar-refractivity contribution is 0.579. The zero-order valence-electron chi connectivity index (χ0n) is 13.9. The summed E-state index contributed by atoms with van der Waals surface area (Å²) in [5.74, 6) is 0. The molecule has 1 heterocycles. The Morgan fingerprint density at radius 1 is 1.12 bits per heavy atom. The third-order valence-corrected chi connectivity index (χ3v) is 6.44. The summed E-state index contributed by atoms with van der Waals surface area (Å²) in [6.45, 7) is 2.84. The molecule has 5 nitrogen and oxygen atoms in total. The fourth-order valence-corrected chi connectivity index (χ4v) is 4.91. The predicted molar refractivity (Wildman–Crippen MR) is 102 cm³/mol. The third kappa shape index (κ3) is 4.00. The van der Waals surface area contributed by atoms with Crippen LogP contribution in [0, 0.1) is 0 Å². The van der Waals surface area contributed by atoms with Crippen LogP contribution in [0.1, 0.15) is 18.9 Å². The molecular weight excluding hydrogens is 356 g/mol. The van der Waals surface area contributed by atoms with Crippen molar-refractivity contribution in [2.24, 2.45) is 0 Å². The number of sulfonamides is 1. The van der Waals surface area contributed by atoms with E-state index in [0.29, 0.717) is 17.8 Å². The first-order valence-corrected chi connectivity index (χ1v) is 10.5. The normalized spacial score (nSPS) is 11.9. The van der Waals surface area contributed by atoms with Gasteiger partial charge in [-0.05, 0) is 43.5 Å². The molecule has 0 saturated carbocycles. The third-order valence-electron chi connectivity index (χ3n) is 4.04. The molecule has 0 aliphatic carbocycles. The molecule has 0 fully saturated rings. The maximum Gasteiger partial charge on any atom is 0.308 e. The van der Waals surface area contributed by atoms with Gasteiger partial charge in [0.1, 0.15) is 0 Å². The summed E-state index contributed by atoms with van der Waals surface area (Å²) in [7, 11) is -3.57. The number of nitrogens with zero attached hydrogens (tertiary/aromatic N) is 1. The first-order chi connectivity index (χ1) is 12.0. The highest BCUT2D eigenvalue weighted by molar-refractivity contribution is 7.89. The van der Waals surface area contributed by atoms with E-state index in [4.69, 9.17) is 0 Å². The smallest absolute Gasteiger partial charge is 0.299 e. The second kappa shape index (κ2) is 7.51. The fourth-order valence-electron chi connectivity index (χ4n) is 2.74. The lowest BCUT2D eigenvalue weighted by Crippen LogP contribution is -2.25. The van der Waals surface area contributed by atoms with Gasteiger partial charge < -0.3 is 0 Å². The van der Waals surface area contributed by atoms with E-state index in [1.807, 2.05) is 37.3 Å². The summed E-state index contributed by atoms with van der Waals surface area (Å²) in [5.41, 5.74) is 1.97. The largest absolute Gasteiger partial charge is 0.308 e. The van der Waals surface area contributed by atoms with Gasteiger partial charge in [0.25, 0.3) is 0 Å². The minimum absolute atomic E-state index is 0.0668. The van der Waals surface area contributed by atoms with Crippen LogP contribution in [0.3, 0.4) is 0 Å². The molecule has 0 bridgehead atoms. The van der Waals surface area contributed by atoms with Crippen LogP contribution >= 0.6 is 11.3 Å². The lowest BCUT2D eigenvalue weighted by atomic mass is 10.1. The molecule has 0 radical (unpaired) electrons. The second-order valence-electron chi connectivity index (χ2n) is 5.73. The molecule has 3 rings (SSSR count). The summed E-state index contributed by atoms with van der Waals surface area (Å²) < 4.78 is 29.9. The number of aryl methyl sites for hydroxylation is 2. The number of benzene rings is 2. The SMILES string of the molecule is CCn1c(=O)sc2cc(S(=O)(=O)NCCCc3ccccc3)ccc21. The van der Waals surface area contributed by atoms with E-state index >= 15 is 0 Å². The van der Waals surface area contributed by atoms with E-state index in [0.717, 1.165) is 29.7 Å². The van der Waals surface area contributed by atoms with E-state index in [-0.39, 0.29) is 9.77 Å². The van der Waals surface area contributed by atoms with E-state index in [9.17, 15) is 13.2 Å². The van der Waals surface area contributed by atoms with E-state index in [1.165, 1.54) is 5.56 Å². The highest BCUT2D eigenvalue weighted by Crippen LogP contribution is 2.21. The van der Waals surface area contributed by atoms with Crippen LogP contribution in [0.5, 0.6) is 0 Å². The van der Waals surface area contributed by atoms with Gasteiger partial charge in [-0.3, -0.25) is 9.36 Å². The lowest BCUT2D eigenvalue weighted by Gasteiger charge is -2.07. The van der Waals surface area contributed by atoms with Gasteiger partial charge in [0.15, 0.2) is 0 Å². The molecule has 25 heavy (non-hydrogen) atoms. The molecular formula is C18H20N2O3S2. The van der Waals surface area contributed by atoms with Crippen molar-refractivity contribution < 1.29 is 8.42 Å². The minimum Gasteiger partial charge on any atom is -0.299 e. The standard InChI is InChI=1S/C18H20N2O3S2/c1-2-20-16-11-10-15(13-17(16)24-18(20)21)25(22,23)19-12-6-9-14-7-4-3-5-8-14/h3-5,7-8,10-11,13,19H,2,6,9,12H2,1H3. The Balaban J connectivity index is 1.69. The zero-order chi connectivity index (χ0) is 17.9. The van der Waals surface area contributed by atoms with Gasteiger partial charge in [-0.1, -0.05) is 41.7 Å². The second-order valence-corrected chi connectivity index (χ2v) is 8.49. The first-order valence-electron chi connectivity index (χ1n) is 8.18. The molecule has 3 aromatic rings. The van der Waals surface area contributed by atoms with Gasteiger partial charge in [-0.25, -0.2) is 13.1 Å². The summed E-state index contributed by atoms with van der Waals surface area (Å²) in [6.07, 6.45) is 1.55. The van der Waals surface area contributed by atoms with Crippen LogP contribution in [0.4, 0.5) is 0 Å². The number of aromatic nitrogens is 1. The van der Waals surface area contributed by atoms with Crippen LogP contribution in [0.2, 0.25) is 0 Å². The fraction of sp³-hybridized carbons (Fsp3) is 0.278. The zero-order valence-corrected chi connectivity index (χ0v) is 15.6. The molecule has 7 heteroatoms. The average molecular weight is 377 g/mol. The van der Waals surface area contributed by atoms with Crippen LogP contribution in [0.15, 0.2) is 58.2 Å². The van der Waals surface area contributed by atoms with Crippen molar-refractivity contribution in [3.63, 3.8) is 0 Å². The molecule has 0 unspecified atom stereocenters. The van der Waals surface area contributed by atoms with Gasteiger partial charge in [0.05, 0.1) is 15.1 Å². The summed E-state index contributed by atoms with van der Waals surface area (Å²) in [4.78, 5) is 12.0. The monoisotopic (exact) mass is 376 g/mol. The number of hydrogen-bond donors (Lipinski definition) is 1. The molecule has 2 aromatic carbocycles. The quantitative estimate of drug-likeness (QED) is 0.645. The van der Waals surface area contributed by atoms with Crippen molar-refractivity contribution in [2.75, 3.05) is 6.54 Å². The van der Waals surface area contributed by atoms with Crippen LogP contribution < -0.4 is 9.60 Å². The van der Waals surface area contributed by atoms with Crippen LogP contribution in [0.25, 0.3) is 10.2 Å². The number of nitrogens with one attached hydrogen (secondary N) is 1. The van der Waals surface area contributed by atoms with Gasteiger partial charge in [0.2, 0.25) is 10.0 Å². The number of thiazole rings is 1. The van der Waals surface area contributed by atoms with Gasteiger partial charge in [-0.2, -0.15) is 0 Å². The highest BCUT2D eigenvalue weighted by atomic mass is 32.2. The van der Waals surface area contributed by atoms with Crippen LogP contribution in [-0.2, 0) is 23.0 Å². The summed E-state index contributed by atoms with van der Waals surface area (Å²) in [5, 5.41) is 0. The molecule has 0 aliphatic rings. The Labute approximate surface area is 151 Å². The summed E-state index contributed by atoms with van der Waals surface area (Å²) in [6, 6.07) is 14.8. The Bertz CT molecular complexity index is 1020. The average Bonchev–Trinajstić information content (AvgIpc) is 2.93. The maximum atomic E-state index is 12.5. The van der Waals surface area contributed by atoms with E-state index in [1.54, 1.807) is 22.8 Å². The molecule has 1 aromatic heterocycles. The molecule has 0 aliphatic heterocycles. The molecule has 0 amide bonds. The van der Waals surface area contributed by atoms with Crippen molar-refractivity contribution in [2.45, 2.75) is 31.2 Å². The molecule has 0 saturated heterocycles. The van der Waals surface area contributed by atoms with Crippen molar-refractivity contribution in [3.05, 3.63) is 63.8 Å². The Morgan fingerprint density at radius 2 is 1.88 bits per heavy atom. The Kier molecular flexibility index (Phi) is 5.36. The van der Waals surface area contributed by atoms with Gasteiger partial charge in [0, 0.05) is 13.1 Å². The van der Waals surface area contributed by atoms with Crippen molar-refractivity contribution >= 4 is 31.6 Å². The minimum atomic E-state index is -3.57. The molecule has 1 N–H and O–H groups in total. The van der Waals surface area contributed by atoms with Crippen molar-refractivity contribution in [3.8, 4) is 0 Å². The Morgan fingerprint density at radius 3 is 2.60 bits per heavy atom. The van der Waals surface area contributed by atoms with E-state index in [2.05, 4.69) is 4.72 Å². The highest BCUT2D eigenvalue weighted by Gasteiger charge is 2.16. The number of fused-ring (bicyclic) bond motifs is 1. The number of hydrogen-bond acceptors (Lipinski definition) is 4. The van der Waals surface area contributed by atoms with Crippen molar-refractivity contribution in [1.82, 2.24) is 9.29 Å². The Hall–Kier alpha value is -1.96. The molecule has 0 spiro atoms. The topological polar surface area (TPSA) is 68.2 Å². The van der Waals surface area contributed by atoms with Gasteiger partial charge >= 0.3 is 4.87 Å². The van der Waals surface area contributed by atoms with Crippen LogP contribution in [-0.4, -0.2) is 19.5 Å². The molecule has 0 atom stereocenters.